The molecule has 1 aromatic carbocycles. The first kappa shape index (κ1) is 14.8. The third-order valence-electron chi connectivity index (χ3n) is 2.57. The normalized spacial score (nSPS) is 12.0. The van der Waals surface area contributed by atoms with Gasteiger partial charge in [-0.25, -0.2) is 4.39 Å². The van der Waals surface area contributed by atoms with Crippen LogP contribution in [0.25, 0.3) is 0 Å². The van der Waals surface area contributed by atoms with Crippen LogP contribution in [0.2, 0.25) is 0 Å². The monoisotopic (exact) mass is 273 g/mol. The number of rotatable bonds is 6. The van der Waals surface area contributed by atoms with Crippen LogP contribution in [-0.2, 0) is 0 Å². The van der Waals surface area contributed by atoms with E-state index in [4.69, 9.17) is 16.3 Å². The molecular weight excluding hydrogens is 257 g/mol. The summed E-state index contributed by atoms with van der Waals surface area (Å²) in [7, 11) is 1.45. The van der Waals surface area contributed by atoms with Crippen molar-refractivity contribution in [3.05, 3.63) is 29.6 Å². The van der Waals surface area contributed by atoms with Gasteiger partial charge in [-0.05, 0) is 31.9 Å². The van der Waals surface area contributed by atoms with Crippen molar-refractivity contribution in [2.75, 3.05) is 13.0 Å². The number of amides is 1. The van der Waals surface area contributed by atoms with Crippen molar-refractivity contribution in [2.24, 2.45) is 0 Å². The summed E-state index contributed by atoms with van der Waals surface area (Å²) in [6, 6.07) is 4.13. The number of nitrogens with one attached hydrogen (secondary N) is 1. The van der Waals surface area contributed by atoms with Gasteiger partial charge in [-0.1, -0.05) is 0 Å². The van der Waals surface area contributed by atoms with E-state index in [-0.39, 0.29) is 11.6 Å². The molecule has 1 atom stereocenters. The number of methoxy groups -OCH3 is 1. The van der Waals surface area contributed by atoms with Crippen molar-refractivity contribution < 1.29 is 13.9 Å². The van der Waals surface area contributed by atoms with Crippen molar-refractivity contribution in [2.45, 2.75) is 25.8 Å². The van der Waals surface area contributed by atoms with Gasteiger partial charge in [-0.15, -0.1) is 11.6 Å². The van der Waals surface area contributed by atoms with Gasteiger partial charge in [0, 0.05) is 18.0 Å². The summed E-state index contributed by atoms with van der Waals surface area (Å²) in [6.07, 6.45) is 1.58. The Balaban J connectivity index is 2.66. The summed E-state index contributed by atoms with van der Waals surface area (Å²) in [5.41, 5.74) is 0.0218. The van der Waals surface area contributed by atoms with Crippen LogP contribution in [-0.4, -0.2) is 24.9 Å². The molecule has 0 aromatic heterocycles. The van der Waals surface area contributed by atoms with Gasteiger partial charge in [-0.3, -0.25) is 4.79 Å². The van der Waals surface area contributed by atoms with E-state index in [1.165, 1.54) is 19.2 Å². The molecule has 1 amide bonds. The predicted molar refractivity (Wildman–Crippen MR) is 69.8 cm³/mol. The lowest BCUT2D eigenvalue weighted by atomic mass is 10.1. The van der Waals surface area contributed by atoms with Gasteiger partial charge in [0.05, 0.1) is 12.7 Å². The summed E-state index contributed by atoms with van der Waals surface area (Å²) in [5, 5.41) is 2.73. The molecule has 1 aromatic rings. The fourth-order valence-corrected chi connectivity index (χ4v) is 1.72. The zero-order valence-corrected chi connectivity index (χ0v) is 11.3. The van der Waals surface area contributed by atoms with Crippen LogP contribution in [0.3, 0.4) is 0 Å². The van der Waals surface area contributed by atoms with E-state index < -0.39 is 11.7 Å². The van der Waals surface area contributed by atoms with Crippen molar-refractivity contribution in [3.8, 4) is 5.75 Å². The molecule has 0 saturated carbocycles. The molecule has 0 aliphatic rings. The van der Waals surface area contributed by atoms with Gasteiger partial charge < -0.3 is 10.1 Å². The molecule has 0 spiro atoms. The minimum absolute atomic E-state index is 0.0218. The van der Waals surface area contributed by atoms with Crippen LogP contribution in [0.1, 0.15) is 30.1 Å². The number of benzene rings is 1. The minimum atomic E-state index is -0.587. The van der Waals surface area contributed by atoms with E-state index >= 15 is 0 Å². The fraction of sp³-hybridized carbons (Fsp3) is 0.462. The van der Waals surface area contributed by atoms with Gasteiger partial charge in [0.1, 0.15) is 11.6 Å². The Bertz CT molecular complexity index is 412. The standard InChI is InChI=1S/C13H17ClFNO2/c1-9(4-3-7-14)16-13(17)11-6-5-10(18-2)8-12(11)15/h5-6,8-9H,3-4,7H2,1-2H3,(H,16,17). The Hall–Kier alpha value is -1.29. The SMILES string of the molecule is COc1ccc(C(=O)NC(C)CCCCl)c(F)c1. The number of hydrogen-bond acceptors (Lipinski definition) is 2. The lowest BCUT2D eigenvalue weighted by Gasteiger charge is -2.13. The first-order chi connectivity index (χ1) is 8.58. The van der Waals surface area contributed by atoms with Gasteiger partial charge in [-0.2, -0.15) is 0 Å². The quantitative estimate of drug-likeness (QED) is 0.809. The zero-order valence-electron chi connectivity index (χ0n) is 10.5. The highest BCUT2D eigenvalue weighted by atomic mass is 35.5. The van der Waals surface area contributed by atoms with E-state index in [9.17, 15) is 9.18 Å². The first-order valence-corrected chi connectivity index (χ1v) is 6.32. The average molecular weight is 274 g/mol. The third kappa shape index (κ3) is 4.18. The zero-order chi connectivity index (χ0) is 13.5. The van der Waals surface area contributed by atoms with Gasteiger partial charge >= 0.3 is 0 Å². The summed E-state index contributed by atoms with van der Waals surface area (Å²) >= 11 is 5.57. The molecule has 0 heterocycles. The molecule has 0 bridgehead atoms. The number of carbonyl (C=O) groups excluding carboxylic acids is 1. The van der Waals surface area contributed by atoms with Gasteiger partial charge in [0.15, 0.2) is 0 Å². The van der Waals surface area contributed by atoms with Crippen LogP contribution >= 0.6 is 11.6 Å². The third-order valence-corrected chi connectivity index (χ3v) is 2.84. The maximum Gasteiger partial charge on any atom is 0.254 e. The predicted octanol–water partition coefficient (Wildman–Crippen LogP) is 2.97. The topological polar surface area (TPSA) is 38.3 Å². The maximum atomic E-state index is 13.6. The fourth-order valence-electron chi connectivity index (χ4n) is 1.56. The van der Waals surface area contributed by atoms with E-state index in [2.05, 4.69) is 5.32 Å². The number of carbonyl (C=O) groups is 1. The summed E-state index contributed by atoms with van der Waals surface area (Å²) < 4.78 is 18.5. The van der Waals surface area contributed by atoms with Gasteiger partial charge in [0.2, 0.25) is 0 Å². The molecule has 0 fully saturated rings. The number of ether oxygens (including phenoxy) is 1. The molecular formula is C13H17ClFNO2. The highest BCUT2D eigenvalue weighted by molar-refractivity contribution is 6.17. The van der Waals surface area contributed by atoms with Crippen LogP contribution in [0, 0.1) is 5.82 Å². The maximum absolute atomic E-state index is 13.6. The van der Waals surface area contributed by atoms with Gasteiger partial charge in [0.25, 0.3) is 5.91 Å². The number of hydrogen-bond donors (Lipinski definition) is 1. The highest BCUT2D eigenvalue weighted by Crippen LogP contribution is 2.16. The second-order valence-electron chi connectivity index (χ2n) is 4.05. The van der Waals surface area contributed by atoms with E-state index in [0.717, 1.165) is 12.8 Å². The van der Waals surface area contributed by atoms with Crippen molar-refractivity contribution in [3.63, 3.8) is 0 Å². The molecule has 100 valence electrons. The lowest BCUT2D eigenvalue weighted by molar-refractivity contribution is 0.0934. The molecule has 5 heteroatoms. The smallest absolute Gasteiger partial charge is 0.254 e. The Morgan fingerprint density at radius 1 is 1.56 bits per heavy atom. The second-order valence-corrected chi connectivity index (χ2v) is 4.43. The lowest BCUT2D eigenvalue weighted by Crippen LogP contribution is -2.33. The Morgan fingerprint density at radius 3 is 2.83 bits per heavy atom. The summed E-state index contributed by atoms with van der Waals surface area (Å²) in [6.45, 7) is 1.87. The Morgan fingerprint density at radius 2 is 2.28 bits per heavy atom. The molecule has 1 rings (SSSR count). The average Bonchev–Trinajstić information content (AvgIpc) is 2.35. The molecule has 3 nitrogen and oxygen atoms in total. The van der Waals surface area contributed by atoms with E-state index in [1.807, 2.05) is 6.92 Å². The molecule has 18 heavy (non-hydrogen) atoms. The Kier molecular flexibility index (Phi) is 5.92. The Labute approximate surface area is 111 Å². The highest BCUT2D eigenvalue weighted by Gasteiger charge is 2.14. The van der Waals surface area contributed by atoms with Crippen LogP contribution in [0.5, 0.6) is 5.75 Å². The van der Waals surface area contributed by atoms with Crippen molar-refractivity contribution in [1.29, 1.82) is 0 Å². The van der Waals surface area contributed by atoms with Crippen molar-refractivity contribution >= 4 is 17.5 Å². The largest absolute Gasteiger partial charge is 0.497 e. The first-order valence-electron chi connectivity index (χ1n) is 5.79. The molecule has 0 aliphatic heterocycles. The summed E-state index contributed by atoms with van der Waals surface area (Å²) in [5.74, 6) is -0.0650. The van der Waals surface area contributed by atoms with Crippen LogP contribution in [0.15, 0.2) is 18.2 Å². The molecule has 1 N–H and O–H groups in total. The van der Waals surface area contributed by atoms with Crippen LogP contribution in [0.4, 0.5) is 4.39 Å². The van der Waals surface area contributed by atoms with Crippen molar-refractivity contribution in [1.82, 2.24) is 5.32 Å². The molecule has 0 saturated heterocycles. The molecule has 0 aliphatic carbocycles. The molecule has 1 unspecified atom stereocenters. The van der Waals surface area contributed by atoms with E-state index in [0.29, 0.717) is 11.6 Å². The van der Waals surface area contributed by atoms with E-state index in [1.54, 1.807) is 6.07 Å². The number of alkyl halides is 1. The van der Waals surface area contributed by atoms with Crippen LogP contribution < -0.4 is 10.1 Å². The second kappa shape index (κ2) is 7.21. The summed E-state index contributed by atoms with van der Waals surface area (Å²) in [4.78, 5) is 11.8. The minimum Gasteiger partial charge on any atom is -0.497 e. The molecule has 0 radical (unpaired) electrons. The number of halogens is 2.